The highest BCUT2D eigenvalue weighted by Crippen LogP contribution is 2.26. The van der Waals surface area contributed by atoms with Crippen LogP contribution in [0.15, 0.2) is 18.2 Å². The van der Waals surface area contributed by atoms with Gasteiger partial charge in [-0.05, 0) is 19.4 Å². The smallest absolute Gasteiger partial charge is 0.123 e. The van der Waals surface area contributed by atoms with Crippen LogP contribution in [0, 0.1) is 6.92 Å². The molecule has 2 rings (SSSR count). The van der Waals surface area contributed by atoms with Crippen LogP contribution in [0.3, 0.4) is 0 Å². The summed E-state index contributed by atoms with van der Waals surface area (Å²) < 4.78 is 5.41. The van der Waals surface area contributed by atoms with Crippen molar-refractivity contribution in [2.45, 2.75) is 19.4 Å². The van der Waals surface area contributed by atoms with E-state index in [0.29, 0.717) is 0 Å². The molecule has 1 unspecified atom stereocenters. The third kappa shape index (κ3) is 3.93. The molecule has 1 aromatic carbocycles. The molecule has 1 aliphatic rings. The number of methoxy groups -OCH3 is 1. The standard InChI is InChI=1S/C15H25N3O/c1-12-3-4-15(19-2)13(11-12)14(16)5-8-18-9-6-17-7-10-18/h3-4,11,14,17H,5-10,16H2,1-2H3. The average molecular weight is 263 g/mol. The van der Waals surface area contributed by atoms with Gasteiger partial charge in [0.15, 0.2) is 0 Å². The Labute approximate surface area is 115 Å². The Balaban J connectivity index is 1.94. The normalized spacial score (nSPS) is 18.3. The molecule has 0 radical (unpaired) electrons. The minimum atomic E-state index is 0.0461. The van der Waals surface area contributed by atoms with Gasteiger partial charge in [0.25, 0.3) is 0 Å². The molecule has 0 aliphatic carbocycles. The predicted molar refractivity (Wildman–Crippen MR) is 78.6 cm³/mol. The molecule has 0 bridgehead atoms. The zero-order chi connectivity index (χ0) is 13.7. The van der Waals surface area contributed by atoms with Gasteiger partial charge < -0.3 is 20.7 Å². The summed E-state index contributed by atoms with van der Waals surface area (Å²) in [7, 11) is 1.71. The van der Waals surface area contributed by atoms with E-state index in [9.17, 15) is 0 Å². The van der Waals surface area contributed by atoms with Gasteiger partial charge in [-0.3, -0.25) is 0 Å². The molecule has 1 aliphatic heterocycles. The molecule has 1 aromatic rings. The van der Waals surface area contributed by atoms with Crippen LogP contribution in [0.2, 0.25) is 0 Å². The monoisotopic (exact) mass is 263 g/mol. The minimum absolute atomic E-state index is 0.0461. The third-order valence-electron chi connectivity index (χ3n) is 3.75. The van der Waals surface area contributed by atoms with Gasteiger partial charge in [0.2, 0.25) is 0 Å². The Morgan fingerprint density at radius 3 is 2.79 bits per heavy atom. The number of aryl methyl sites for hydroxylation is 1. The lowest BCUT2D eigenvalue weighted by Gasteiger charge is -2.28. The summed E-state index contributed by atoms with van der Waals surface area (Å²) in [6, 6.07) is 6.26. The van der Waals surface area contributed by atoms with Crippen molar-refractivity contribution in [1.29, 1.82) is 0 Å². The quantitative estimate of drug-likeness (QED) is 0.841. The van der Waals surface area contributed by atoms with Gasteiger partial charge in [0, 0.05) is 44.3 Å². The highest BCUT2D eigenvalue weighted by molar-refractivity contribution is 5.38. The highest BCUT2D eigenvalue weighted by Gasteiger charge is 2.15. The van der Waals surface area contributed by atoms with Crippen LogP contribution in [-0.4, -0.2) is 44.7 Å². The summed E-state index contributed by atoms with van der Waals surface area (Å²) >= 11 is 0. The predicted octanol–water partition coefficient (Wildman–Crippen LogP) is 1.30. The van der Waals surface area contributed by atoms with Gasteiger partial charge in [0.1, 0.15) is 5.75 Å². The number of benzene rings is 1. The van der Waals surface area contributed by atoms with Crippen molar-refractivity contribution in [3.63, 3.8) is 0 Å². The van der Waals surface area contributed by atoms with Crippen LogP contribution < -0.4 is 15.8 Å². The largest absolute Gasteiger partial charge is 0.496 e. The van der Waals surface area contributed by atoms with Crippen LogP contribution in [0.25, 0.3) is 0 Å². The van der Waals surface area contributed by atoms with Crippen molar-refractivity contribution >= 4 is 0 Å². The zero-order valence-corrected chi connectivity index (χ0v) is 12.0. The van der Waals surface area contributed by atoms with Crippen LogP contribution in [-0.2, 0) is 0 Å². The van der Waals surface area contributed by atoms with Crippen molar-refractivity contribution < 1.29 is 4.74 Å². The lowest BCUT2D eigenvalue weighted by atomic mass is 10.0. The number of piperazine rings is 1. The van der Waals surface area contributed by atoms with E-state index in [0.717, 1.165) is 50.5 Å². The van der Waals surface area contributed by atoms with Gasteiger partial charge in [-0.2, -0.15) is 0 Å². The second kappa shape index (κ2) is 6.89. The van der Waals surface area contributed by atoms with Crippen molar-refractivity contribution in [1.82, 2.24) is 10.2 Å². The van der Waals surface area contributed by atoms with Gasteiger partial charge in [0.05, 0.1) is 7.11 Å². The summed E-state index contributed by atoms with van der Waals surface area (Å²) in [4.78, 5) is 2.47. The molecule has 1 atom stereocenters. The molecular weight excluding hydrogens is 238 g/mol. The van der Waals surface area contributed by atoms with E-state index >= 15 is 0 Å². The number of hydrogen-bond acceptors (Lipinski definition) is 4. The summed E-state index contributed by atoms with van der Waals surface area (Å²) in [5, 5.41) is 3.37. The first-order valence-electron chi connectivity index (χ1n) is 7.04. The summed E-state index contributed by atoms with van der Waals surface area (Å²) in [6.45, 7) is 7.56. The lowest BCUT2D eigenvalue weighted by Crippen LogP contribution is -2.44. The first-order chi connectivity index (χ1) is 9.20. The van der Waals surface area contributed by atoms with E-state index in [1.165, 1.54) is 5.56 Å². The maximum Gasteiger partial charge on any atom is 0.123 e. The summed E-state index contributed by atoms with van der Waals surface area (Å²) in [6.07, 6.45) is 0.972. The molecule has 1 heterocycles. The molecular formula is C15H25N3O. The van der Waals surface area contributed by atoms with Gasteiger partial charge in [-0.15, -0.1) is 0 Å². The SMILES string of the molecule is COc1ccc(C)cc1C(N)CCN1CCNCC1. The topological polar surface area (TPSA) is 50.5 Å². The van der Waals surface area contributed by atoms with E-state index in [1.807, 2.05) is 6.07 Å². The summed E-state index contributed by atoms with van der Waals surface area (Å²) in [5.41, 5.74) is 8.69. The zero-order valence-electron chi connectivity index (χ0n) is 12.0. The van der Waals surface area contributed by atoms with Crippen LogP contribution >= 0.6 is 0 Å². The van der Waals surface area contributed by atoms with Crippen molar-refractivity contribution in [2.75, 3.05) is 39.8 Å². The first kappa shape index (κ1) is 14.3. The number of hydrogen-bond donors (Lipinski definition) is 2. The average Bonchev–Trinajstić information content (AvgIpc) is 2.46. The molecule has 4 heteroatoms. The lowest BCUT2D eigenvalue weighted by molar-refractivity contribution is 0.232. The van der Waals surface area contributed by atoms with Crippen LogP contribution in [0.4, 0.5) is 0 Å². The van der Waals surface area contributed by atoms with E-state index in [-0.39, 0.29) is 6.04 Å². The molecule has 0 aromatic heterocycles. The number of nitrogens with two attached hydrogens (primary N) is 1. The number of ether oxygens (including phenoxy) is 1. The van der Waals surface area contributed by atoms with E-state index in [1.54, 1.807) is 7.11 Å². The fourth-order valence-corrected chi connectivity index (χ4v) is 2.56. The molecule has 1 saturated heterocycles. The molecule has 106 valence electrons. The second-order valence-electron chi connectivity index (χ2n) is 5.23. The van der Waals surface area contributed by atoms with E-state index in [2.05, 4.69) is 29.3 Å². The Morgan fingerprint density at radius 2 is 2.11 bits per heavy atom. The fourth-order valence-electron chi connectivity index (χ4n) is 2.56. The molecule has 0 spiro atoms. The van der Waals surface area contributed by atoms with Crippen molar-refractivity contribution in [3.05, 3.63) is 29.3 Å². The van der Waals surface area contributed by atoms with Gasteiger partial charge >= 0.3 is 0 Å². The molecule has 0 amide bonds. The number of nitrogens with zero attached hydrogens (tertiary/aromatic N) is 1. The Hall–Kier alpha value is -1.10. The Morgan fingerprint density at radius 1 is 1.37 bits per heavy atom. The molecule has 0 saturated carbocycles. The molecule has 3 N–H and O–H groups in total. The fraction of sp³-hybridized carbons (Fsp3) is 0.600. The number of nitrogens with one attached hydrogen (secondary N) is 1. The van der Waals surface area contributed by atoms with E-state index in [4.69, 9.17) is 10.5 Å². The van der Waals surface area contributed by atoms with Gasteiger partial charge in [-0.1, -0.05) is 17.7 Å². The van der Waals surface area contributed by atoms with Gasteiger partial charge in [-0.25, -0.2) is 0 Å². The third-order valence-corrected chi connectivity index (χ3v) is 3.75. The first-order valence-corrected chi connectivity index (χ1v) is 7.04. The molecule has 4 nitrogen and oxygen atoms in total. The maximum absolute atomic E-state index is 6.34. The molecule has 19 heavy (non-hydrogen) atoms. The minimum Gasteiger partial charge on any atom is -0.496 e. The van der Waals surface area contributed by atoms with Crippen LogP contribution in [0.5, 0.6) is 5.75 Å². The Bertz CT molecular complexity index is 402. The maximum atomic E-state index is 6.34. The van der Waals surface area contributed by atoms with Crippen molar-refractivity contribution in [2.24, 2.45) is 5.73 Å². The summed E-state index contributed by atoms with van der Waals surface area (Å²) in [5.74, 6) is 0.901. The van der Waals surface area contributed by atoms with Crippen molar-refractivity contribution in [3.8, 4) is 5.75 Å². The Kier molecular flexibility index (Phi) is 5.19. The molecule has 1 fully saturated rings. The van der Waals surface area contributed by atoms with E-state index < -0.39 is 0 Å². The highest BCUT2D eigenvalue weighted by atomic mass is 16.5. The number of rotatable bonds is 5. The second-order valence-corrected chi connectivity index (χ2v) is 5.23. The van der Waals surface area contributed by atoms with Crippen LogP contribution in [0.1, 0.15) is 23.6 Å².